The third-order valence-electron chi connectivity index (χ3n) is 4.39. The van der Waals surface area contributed by atoms with Gasteiger partial charge in [-0.15, -0.1) is 0 Å². The van der Waals surface area contributed by atoms with E-state index in [0.29, 0.717) is 5.76 Å². The Kier molecular flexibility index (Phi) is 4.75. The Morgan fingerprint density at radius 2 is 2.12 bits per heavy atom. The van der Waals surface area contributed by atoms with E-state index in [9.17, 15) is 14.4 Å². The van der Waals surface area contributed by atoms with Gasteiger partial charge in [0.2, 0.25) is 11.8 Å². The number of carbonyl (C=O) groups excluding carboxylic acids is 3. The Bertz CT molecular complexity index is 655. The van der Waals surface area contributed by atoms with Gasteiger partial charge in [-0.2, -0.15) is 0 Å². The summed E-state index contributed by atoms with van der Waals surface area (Å²) in [6, 6.07) is 2.42. The number of nitrogens with two attached hydrogens (primary N) is 1. The lowest BCUT2D eigenvalue weighted by Gasteiger charge is -2.29. The first-order chi connectivity index (χ1) is 11.6. The van der Waals surface area contributed by atoms with E-state index in [-0.39, 0.29) is 18.6 Å². The second-order valence-corrected chi connectivity index (χ2v) is 6.09. The van der Waals surface area contributed by atoms with Crippen LogP contribution in [0.25, 0.3) is 0 Å². The van der Waals surface area contributed by atoms with Crippen LogP contribution in [0.1, 0.15) is 31.4 Å². The summed E-state index contributed by atoms with van der Waals surface area (Å²) in [5.74, 6) is -1.92. The average molecular weight is 332 g/mol. The summed E-state index contributed by atoms with van der Waals surface area (Å²) in [6.07, 6.45) is 6.61. The van der Waals surface area contributed by atoms with Crippen LogP contribution in [0.2, 0.25) is 0 Å². The van der Waals surface area contributed by atoms with Crippen molar-refractivity contribution in [3.05, 3.63) is 24.2 Å². The van der Waals surface area contributed by atoms with Crippen molar-refractivity contribution in [3.8, 4) is 0 Å². The predicted molar refractivity (Wildman–Crippen MR) is 85.0 cm³/mol. The van der Waals surface area contributed by atoms with Gasteiger partial charge in [0.25, 0.3) is 0 Å². The molecule has 1 aliphatic heterocycles. The van der Waals surface area contributed by atoms with Crippen LogP contribution in [-0.4, -0.2) is 41.0 Å². The quantitative estimate of drug-likeness (QED) is 0.625. The van der Waals surface area contributed by atoms with Crippen LogP contribution in [0.4, 0.5) is 4.79 Å². The van der Waals surface area contributed by atoms with Gasteiger partial charge in [0, 0.05) is 12.3 Å². The fraction of sp³-hybridized carbons (Fsp3) is 0.500. The Labute approximate surface area is 139 Å². The minimum Gasteiger partial charge on any atom is -0.467 e. The van der Waals surface area contributed by atoms with Gasteiger partial charge in [0.15, 0.2) is 5.92 Å². The van der Waals surface area contributed by atoms with Gasteiger partial charge < -0.3 is 10.2 Å². The molecule has 8 heteroatoms. The zero-order valence-corrected chi connectivity index (χ0v) is 13.2. The first-order valence-electron chi connectivity index (χ1n) is 8.03. The summed E-state index contributed by atoms with van der Waals surface area (Å²) in [7, 11) is 0. The monoisotopic (exact) mass is 332 g/mol. The number of carbonyl (C=O) groups is 3. The number of hydrogen-bond acceptors (Lipinski definition) is 6. The van der Waals surface area contributed by atoms with Gasteiger partial charge in [-0.25, -0.2) is 4.79 Å². The third-order valence-corrected chi connectivity index (χ3v) is 4.39. The highest BCUT2D eigenvalue weighted by molar-refractivity contribution is 6.23. The minimum absolute atomic E-state index is 0.0295. The molecule has 1 aliphatic carbocycles. The standard InChI is InChI=1S/C16H20N4O4/c17-12-5-1-2-6-13(12)18-8-11-14(21)19-16(23)20(15(11)22)9-10-4-3-7-24-10/h3-4,7-8,11-13H,1-2,5-6,9,17H2,(H,19,21,23)/t11-,12+,13+/m0/s1. The maximum atomic E-state index is 12.5. The zero-order chi connectivity index (χ0) is 17.1. The Balaban J connectivity index is 1.72. The van der Waals surface area contributed by atoms with Gasteiger partial charge in [-0.05, 0) is 25.0 Å². The highest BCUT2D eigenvalue weighted by atomic mass is 16.3. The van der Waals surface area contributed by atoms with Crippen molar-refractivity contribution < 1.29 is 18.8 Å². The Hall–Kier alpha value is -2.48. The number of urea groups is 1. The number of aliphatic imine (C=N–C) groups is 1. The van der Waals surface area contributed by atoms with E-state index >= 15 is 0 Å². The molecule has 0 radical (unpaired) electrons. The number of amides is 4. The van der Waals surface area contributed by atoms with Crippen molar-refractivity contribution in [2.45, 2.75) is 44.3 Å². The molecule has 0 unspecified atom stereocenters. The number of hydrogen-bond donors (Lipinski definition) is 2. The highest BCUT2D eigenvalue weighted by Crippen LogP contribution is 2.20. The Morgan fingerprint density at radius 3 is 2.83 bits per heavy atom. The first-order valence-corrected chi connectivity index (χ1v) is 8.03. The van der Waals surface area contributed by atoms with Crippen LogP contribution in [0.3, 0.4) is 0 Å². The molecule has 1 aromatic rings. The molecule has 1 saturated heterocycles. The zero-order valence-electron chi connectivity index (χ0n) is 13.2. The number of nitrogens with one attached hydrogen (secondary N) is 1. The number of nitrogens with zero attached hydrogens (tertiary/aromatic N) is 2. The number of barbiturate groups is 1. The molecule has 1 saturated carbocycles. The molecule has 4 amide bonds. The summed E-state index contributed by atoms with van der Waals surface area (Å²) in [5.41, 5.74) is 6.03. The molecular formula is C16H20N4O4. The van der Waals surface area contributed by atoms with Crippen molar-refractivity contribution in [1.29, 1.82) is 0 Å². The van der Waals surface area contributed by atoms with E-state index in [1.54, 1.807) is 12.1 Å². The van der Waals surface area contributed by atoms with Crippen molar-refractivity contribution in [2.75, 3.05) is 0 Å². The average Bonchev–Trinajstić information content (AvgIpc) is 3.06. The van der Waals surface area contributed by atoms with E-state index in [1.807, 2.05) is 0 Å². The van der Waals surface area contributed by atoms with E-state index in [0.717, 1.165) is 30.6 Å². The van der Waals surface area contributed by atoms with E-state index in [1.165, 1.54) is 12.5 Å². The molecule has 0 bridgehead atoms. The minimum atomic E-state index is -1.12. The number of imide groups is 2. The fourth-order valence-corrected chi connectivity index (χ4v) is 2.99. The Morgan fingerprint density at radius 1 is 1.33 bits per heavy atom. The highest BCUT2D eigenvalue weighted by Gasteiger charge is 2.40. The molecule has 24 heavy (non-hydrogen) atoms. The molecule has 128 valence electrons. The molecule has 1 aromatic heterocycles. The SMILES string of the molecule is N[C@@H]1CCCC[C@H]1N=C[C@H]1C(=O)NC(=O)N(Cc2ccco2)C1=O. The summed E-state index contributed by atoms with van der Waals surface area (Å²) in [5, 5.41) is 2.18. The van der Waals surface area contributed by atoms with Crippen molar-refractivity contribution in [1.82, 2.24) is 10.2 Å². The second-order valence-electron chi connectivity index (χ2n) is 6.09. The summed E-state index contributed by atoms with van der Waals surface area (Å²) in [4.78, 5) is 41.7. The van der Waals surface area contributed by atoms with Crippen LogP contribution < -0.4 is 11.1 Å². The lowest BCUT2D eigenvalue weighted by atomic mass is 9.91. The molecule has 0 aromatic carbocycles. The van der Waals surface area contributed by atoms with Gasteiger partial charge in [0.05, 0.1) is 18.8 Å². The molecule has 3 rings (SSSR count). The smallest absolute Gasteiger partial charge is 0.331 e. The van der Waals surface area contributed by atoms with Gasteiger partial charge in [0.1, 0.15) is 5.76 Å². The van der Waals surface area contributed by atoms with Crippen LogP contribution >= 0.6 is 0 Å². The van der Waals surface area contributed by atoms with E-state index < -0.39 is 23.8 Å². The molecule has 2 heterocycles. The maximum absolute atomic E-state index is 12.5. The van der Waals surface area contributed by atoms with Crippen LogP contribution in [0.5, 0.6) is 0 Å². The van der Waals surface area contributed by atoms with E-state index in [4.69, 9.17) is 10.2 Å². The van der Waals surface area contributed by atoms with Crippen molar-refractivity contribution in [3.63, 3.8) is 0 Å². The topological polar surface area (TPSA) is 118 Å². The van der Waals surface area contributed by atoms with Crippen molar-refractivity contribution in [2.24, 2.45) is 16.6 Å². The van der Waals surface area contributed by atoms with Crippen LogP contribution in [-0.2, 0) is 16.1 Å². The fourth-order valence-electron chi connectivity index (χ4n) is 2.99. The summed E-state index contributed by atoms with van der Waals surface area (Å²) < 4.78 is 5.16. The third kappa shape index (κ3) is 3.38. The van der Waals surface area contributed by atoms with Crippen LogP contribution in [0.15, 0.2) is 27.8 Å². The van der Waals surface area contributed by atoms with Gasteiger partial charge in [-0.1, -0.05) is 12.8 Å². The molecule has 8 nitrogen and oxygen atoms in total. The number of rotatable bonds is 4. The normalized spacial score (nSPS) is 28.5. The van der Waals surface area contributed by atoms with Crippen molar-refractivity contribution >= 4 is 24.1 Å². The lowest BCUT2D eigenvalue weighted by Crippen LogP contribution is -2.58. The van der Waals surface area contributed by atoms with Crippen LogP contribution in [0, 0.1) is 5.92 Å². The summed E-state index contributed by atoms with van der Waals surface area (Å²) in [6.45, 7) is -0.0295. The molecule has 3 atom stereocenters. The van der Waals surface area contributed by atoms with Gasteiger partial charge >= 0.3 is 6.03 Å². The first kappa shape index (κ1) is 16.4. The van der Waals surface area contributed by atoms with Gasteiger partial charge in [-0.3, -0.25) is 24.8 Å². The molecule has 3 N–H and O–H groups in total. The lowest BCUT2D eigenvalue weighted by molar-refractivity contribution is -0.139. The van der Waals surface area contributed by atoms with E-state index in [2.05, 4.69) is 10.3 Å². The predicted octanol–water partition coefficient (Wildman–Crippen LogP) is 0.815. The molecule has 2 aliphatic rings. The molecular weight excluding hydrogens is 312 g/mol. The molecule has 0 spiro atoms. The largest absolute Gasteiger partial charge is 0.467 e. The number of furan rings is 1. The second kappa shape index (κ2) is 6.96. The molecule has 2 fully saturated rings. The maximum Gasteiger partial charge on any atom is 0.331 e. The summed E-state index contributed by atoms with van der Waals surface area (Å²) >= 11 is 0.